The Hall–Kier alpha value is -2.02. The van der Waals surface area contributed by atoms with Crippen LogP contribution in [-0.4, -0.2) is 32.4 Å². The number of nitrogens with one attached hydrogen (secondary N) is 1. The standard InChI is InChI=1S/C20H23Cl2NO5/c1-5-9-27-10-28-20(25)16-12(3)23-11(2)15(19(24)26-4)17(16)13-7-6-8-14(21)18(13)22/h6-8,17,23H,5,9-10H2,1-4H3. The summed E-state index contributed by atoms with van der Waals surface area (Å²) in [5.41, 5.74) is 2.13. The lowest BCUT2D eigenvalue weighted by Crippen LogP contribution is -2.32. The van der Waals surface area contributed by atoms with E-state index in [1.807, 2.05) is 6.92 Å². The summed E-state index contributed by atoms with van der Waals surface area (Å²) in [5, 5.41) is 3.62. The van der Waals surface area contributed by atoms with Gasteiger partial charge in [0, 0.05) is 11.4 Å². The maximum atomic E-state index is 12.9. The molecule has 0 fully saturated rings. The molecule has 0 aliphatic carbocycles. The van der Waals surface area contributed by atoms with E-state index in [0.29, 0.717) is 28.6 Å². The summed E-state index contributed by atoms with van der Waals surface area (Å²) in [5.74, 6) is -1.99. The van der Waals surface area contributed by atoms with E-state index in [4.69, 9.17) is 37.4 Å². The monoisotopic (exact) mass is 427 g/mol. The first kappa shape index (κ1) is 22.3. The largest absolute Gasteiger partial charge is 0.466 e. The van der Waals surface area contributed by atoms with Crippen molar-refractivity contribution < 1.29 is 23.8 Å². The van der Waals surface area contributed by atoms with Crippen LogP contribution >= 0.6 is 23.2 Å². The normalized spacial score (nSPS) is 16.7. The summed E-state index contributed by atoms with van der Waals surface area (Å²) < 4.78 is 15.5. The lowest BCUT2D eigenvalue weighted by Gasteiger charge is -2.30. The Morgan fingerprint density at radius 3 is 2.36 bits per heavy atom. The van der Waals surface area contributed by atoms with Crippen LogP contribution in [0.15, 0.2) is 40.7 Å². The van der Waals surface area contributed by atoms with Gasteiger partial charge >= 0.3 is 11.9 Å². The highest BCUT2D eigenvalue weighted by atomic mass is 35.5. The molecule has 1 aliphatic rings. The Morgan fingerprint density at radius 2 is 1.75 bits per heavy atom. The van der Waals surface area contributed by atoms with Crippen LogP contribution in [-0.2, 0) is 23.8 Å². The van der Waals surface area contributed by atoms with Crippen molar-refractivity contribution in [1.82, 2.24) is 5.32 Å². The Morgan fingerprint density at radius 1 is 1.11 bits per heavy atom. The number of ether oxygens (including phenoxy) is 3. The molecular weight excluding hydrogens is 405 g/mol. The first-order valence-electron chi connectivity index (χ1n) is 8.79. The lowest BCUT2D eigenvalue weighted by molar-refractivity contribution is -0.151. The van der Waals surface area contributed by atoms with E-state index < -0.39 is 17.9 Å². The summed E-state index contributed by atoms with van der Waals surface area (Å²) in [7, 11) is 1.28. The van der Waals surface area contributed by atoms with E-state index in [1.54, 1.807) is 32.0 Å². The minimum atomic E-state index is -0.793. The highest BCUT2D eigenvalue weighted by Gasteiger charge is 2.39. The van der Waals surface area contributed by atoms with Gasteiger partial charge in [-0.1, -0.05) is 42.3 Å². The zero-order chi connectivity index (χ0) is 20.8. The van der Waals surface area contributed by atoms with Gasteiger partial charge in [0.1, 0.15) is 0 Å². The Labute approximate surface area is 174 Å². The molecule has 1 aromatic rings. The predicted octanol–water partition coefficient (Wildman–Crippen LogP) is 4.33. The number of halogens is 2. The van der Waals surface area contributed by atoms with Gasteiger partial charge in [-0.15, -0.1) is 0 Å². The highest BCUT2D eigenvalue weighted by Crippen LogP contribution is 2.43. The first-order valence-corrected chi connectivity index (χ1v) is 9.54. The summed E-state index contributed by atoms with van der Waals surface area (Å²) in [6, 6.07) is 5.06. The molecule has 8 heteroatoms. The molecule has 1 aromatic carbocycles. The smallest absolute Gasteiger partial charge is 0.338 e. The maximum absolute atomic E-state index is 12.9. The molecule has 0 saturated carbocycles. The van der Waals surface area contributed by atoms with E-state index in [9.17, 15) is 9.59 Å². The van der Waals surface area contributed by atoms with Crippen LogP contribution < -0.4 is 5.32 Å². The lowest BCUT2D eigenvalue weighted by atomic mass is 9.80. The van der Waals surface area contributed by atoms with Gasteiger partial charge in [-0.2, -0.15) is 0 Å². The molecule has 1 atom stereocenters. The Bertz CT molecular complexity index is 832. The molecule has 1 N–H and O–H groups in total. The number of esters is 2. The molecule has 0 saturated heterocycles. The van der Waals surface area contributed by atoms with Gasteiger partial charge in [0.25, 0.3) is 0 Å². The van der Waals surface area contributed by atoms with Crippen LogP contribution in [0.25, 0.3) is 0 Å². The highest BCUT2D eigenvalue weighted by molar-refractivity contribution is 6.42. The van der Waals surface area contributed by atoms with Crippen LogP contribution in [0.4, 0.5) is 0 Å². The third-order valence-electron chi connectivity index (χ3n) is 4.30. The van der Waals surface area contributed by atoms with Gasteiger partial charge in [0.15, 0.2) is 6.79 Å². The van der Waals surface area contributed by atoms with E-state index in [1.165, 1.54) is 7.11 Å². The molecule has 1 unspecified atom stereocenters. The average molecular weight is 428 g/mol. The minimum absolute atomic E-state index is 0.185. The second-order valence-corrected chi connectivity index (χ2v) is 7.01. The topological polar surface area (TPSA) is 73.9 Å². The van der Waals surface area contributed by atoms with Crippen molar-refractivity contribution in [2.45, 2.75) is 33.1 Å². The molecule has 152 valence electrons. The van der Waals surface area contributed by atoms with E-state index in [0.717, 1.165) is 6.42 Å². The van der Waals surface area contributed by atoms with Gasteiger partial charge in [-0.05, 0) is 31.9 Å². The van der Waals surface area contributed by atoms with Crippen LogP contribution in [0.3, 0.4) is 0 Å². The van der Waals surface area contributed by atoms with Gasteiger partial charge in [-0.25, -0.2) is 9.59 Å². The summed E-state index contributed by atoms with van der Waals surface area (Å²) >= 11 is 12.6. The van der Waals surface area contributed by atoms with Gasteiger partial charge in [-0.3, -0.25) is 0 Å². The molecule has 28 heavy (non-hydrogen) atoms. The molecule has 0 aromatic heterocycles. The van der Waals surface area contributed by atoms with Crippen molar-refractivity contribution in [1.29, 1.82) is 0 Å². The molecular formula is C20H23Cl2NO5. The second-order valence-electron chi connectivity index (χ2n) is 6.23. The van der Waals surface area contributed by atoms with Gasteiger partial charge in [0.2, 0.25) is 0 Å². The van der Waals surface area contributed by atoms with Crippen LogP contribution in [0.1, 0.15) is 38.7 Å². The summed E-state index contributed by atoms with van der Waals surface area (Å²) in [6.45, 7) is 5.70. The van der Waals surface area contributed by atoms with Gasteiger partial charge < -0.3 is 19.5 Å². The number of hydrogen-bond donors (Lipinski definition) is 1. The predicted molar refractivity (Wildman–Crippen MR) is 107 cm³/mol. The molecule has 6 nitrogen and oxygen atoms in total. The quantitative estimate of drug-likeness (QED) is 0.396. The number of benzene rings is 1. The average Bonchev–Trinajstić information content (AvgIpc) is 2.66. The second kappa shape index (κ2) is 9.96. The fraction of sp³-hybridized carbons (Fsp3) is 0.400. The Kier molecular flexibility index (Phi) is 7.92. The third-order valence-corrected chi connectivity index (χ3v) is 5.13. The Balaban J connectivity index is 2.54. The number of methoxy groups -OCH3 is 1. The minimum Gasteiger partial charge on any atom is -0.466 e. The summed E-state index contributed by atoms with van der Waals surface area (Å²) in [6.07, 6.45) is 0.802. The zero-order valence-electron chi connectivity index (χ0n) is 16.2. The SMILES string of the molecule is CCCOCOC(=O)C1=C(C)NC(C)=C(C(=O)OC)C1c1cccc(Cl)c1Cl. The van der Waals surface area contributed by atoms with E-state index >= 15 is 0 Å². The summed E-state index contributed by atoms with van der Waals surface area (Å²) in [4.78, 5) is 25.4. The van der Waals surface area contributed by atoms with Crippen molar-refractivity contribution >= 4 is 35.1 Å². The fourth-order valence-electron chi connectivity index (χ4n) is 3.08. The van der Waals surface area contributed by atoms with Crippen LogP contribution in [0, 0.1) is 0 Å². The van der Waals surface area contributed by atoms with Crippen molar-refractivity contribution in [3.63, 3.8) is 0 Å². The van der Waals surface area contributed by atoms with Crippen molar-refractivity contribution in [3.05, 3.63) is 56.3 Å². The molecule has 1 aliphatic heterocycles. The molecule has 0 radical (unpaired) electrons. The molecule has 2 rings (SSSR count). The fourth-order valence-corrected chi connectivity index (χ4v) is 3.49. The molecule has 0 amide bonds. The van der Waals surface area contributed by atoms with Crippen molar-refractivity contribution in [2.24, 2.45) is 0 Å². The molecule has 0 bridgehead atoms. The van der Waals surface area contributed by atoms with E-state index in [2.05, 4.69) is 5.32 Å². The third kappa shape index (κ3) is 4.69. The number of carbonyl (C=O) groups excluding carboxylic acids is 2. The zero-order valence-corrected chi connectivity index (χ0v) is 17.7. The number of carbonyl (C=O) groups is 2. The van der Waals surface area contributed by atoms with Gasteiger partial charge in [0.05, 0.1) is 40.8 Å². The number of allylic oxidation sites excluding steroid dienone is 2. The molecule has 1 heterocycles. The first-order chi connectivity index (χ1) is 13.3. The van der Waals surface area contributed by atoms with Crippen molar-refractivity contribution in [2.75, 3.05) is 20.5 Å². The maximum Gasteiger partial charge on any atom is 0.338 e. The number of hydrogen-bond acceptors (Lipinski definition) is 6. The molecule has 0 spiro atoms. The van der Waals surface area contributed by atoms with Crippen LogP contribution in [0.5, 0.6) is 0 Å². The van der Waals surface area contributed by atoms with Crippen molar-refractivity contribution in [3.8, 4) is 0 Å². The number of rotatable bonds is 7. The van der Waals surface area contributed by atoms with E-state index in [-0.39, 0.29) is 23.0 Å². The van der Waals surface area contributed by atoms with Crippen LogP contribution in [0.2, 0.25) is 10.0 Å². The number of dihydropyridines is 1.